The van der Waals surface area contributed by atoms with Crippen LogP contribution in [0.4, 0.5) is 0 Å². The van der Waals surface area contributed by atoms with Gasteiger partial charge in [-0.2, -0.15) is 0 Å². The fraction of sp³-hybridized carbons (Fsp3) is 0.786. The Labute approximate surface area is 109 Å². The second-order valence-electron chi connectivity index (χ2n) is 5.20. The zero-order valence-electron chi connectivity index (χ0n) is 11.6. The summed E-state index contributed by atoms with van der Waals surface area (Å²) in [5, 5.41) is 12.8. The molecule has 1 atom stereocenters. The number of aliphatic hydroxyl groups is 1. The second kappa shape index (κ2) is 6.34. The van der Waals surface area contributed by atoms with Crippen molar-refractivity contribution in [1.82, 2.24) is 14.9 Å². The molecule has 4 nitrogen and oxygen atoms in total. The van der Waals surface area contributed by atoms with E-state index in [-0.39, 0.29) is 12.6 Å². The standard InChI is InChI=1S/C14H25N3O/c1-3-8-15-12(10-18)9-17-11(2)16-13-6-4-5-7-14(13)17/h12,15,18H,3-10H2,1-2H3. The first-order valence-electron chi connectivity index (χ1n) is 7.15. The molecular weight excluding hydrogens is 226 g/mol. The van der Waals surface area contributed by atoms with Gasteiger partial charge in [-0.1, -0.05) is 6.92 Å². The number of aryl methyl sites for hydroxylation is 2. The molecule has 1 heterocycles. The minimum Gasteiger partial charge on any atom is -0.395 e. The Kier molecular flexibility index (Phi) is 4.78. The molecule has 1 aliphatic carbocycles. The Morgan fingerprint density at radius 1 is 1.39 bits per heavy atom. The van der Waals surface area contributed by atoms with Crippen LogP contribution in [0.1, 0.15) is 43.4 Å². The normalized spacial score (nSPS) is 16.6. The first-order chi connectivity index (χ1) is 8.76. The van der Waals surface area contributed by atoms with E-state index in [1.807, 2.05) is 0 Å². The highest BCUT2D eigenvalue weighted by atomic mass is 16.3. The molecule has 18 heavy (non-hydrogen) atoms. The van der Waals surface area contributed by atoms with Crippen LogP contribution in [0.3, 0.4) is 0 Å². The van der Waals surface area contributed by atoms with E-state index in [9.17, 15) is 5.11 Å². The van der Waals surface area contributed by atoms with Crippen molar-refractivity contribution in [2.45, 2.75) is 58.5 Å². The molecule has 1 aromatic heterocycles. The minimum absolute atomic E-state index is 0.142. The third kappa shape index (κ3) is 2.93. The summed E-state index contributed by atoms with van der Waals surface area (Å²) in [5.41, 5.74) is 2.68. The highest BCUT2D eigenvalue weighted by Crippen LogP contribution is 2.22. The van der Waals surface area contributed by atoms with Crippen LogP contribution in [-0.2, 0) is 19.4 Å². The Morgan fingerprint density at radius 3 is 2.89 bits per heavy atom. The van der Waals surface area contributed by atoms with E-state index in [0.29, 0.717) is 0 Å². The van der Waals surface area contributed by atoms with Gasteiger partial charge in [0.15, 0.2) is 0 Å². The molecule has 0 fully saturated rings. The number of imidazole rings is 1. The summed E-state index contributed by atoms with van der Waals surface area (Å²) in [6.07, 6.45) is 5.89. The van der Waals surface area contributed by atoms with Crippen LogP contribution in [0.2, 0.25) is 0 Å². The fourth-order valence-electron chi connectivity index (χ4n) is 2.73. The van der Waals surface area contributed by atoms with Crippen molar-refractivity contribution in [2.24, 2.45) is 0 Å². The van der Waals surface area contributed by atoms with Gasteiger partial charge in [-0.3, -0.25) is 0 Å². The smallest absolute Gasteiger partial charge is 0.106 e. The van der Waals surface area contributed by atoms with Crippen LogP contribution in [0.25, 0.3) is 0 Å². The lowest BCUT2D eigenvalue weighted by Crippen LogP contribution is -2.37. The van der Waals surface area contributed by atoms with Gasteiger partial charge in [0.25, 0.3) is 0 Å². The zero-order valence-corrected chi connectivity index (χ0v) is 11.6. The van der Waals surface area contributed by atoms with Crippen LogP contribution < -0.4 is 5.32 Å². The lowest BCUT2D eigenvalue weighted by Gasteiger charge is -2.20. The number of nitrogens with one attached hydrogen (secondary N) is 1. The molecule has 1 aliphatic rings. The fourth-order valence-corrected chi connectivity index (χ4v) is 2.73. The van der Waals surface area contributed by atoms with Gasteiger partial charge < -0.3 is 15.0 Å². The van der Waals surface area contributed by atoms with E-state index in [2.05, 4.69) is 28.7 Å². The molecule has 2 rings (SSSR count). The third-order valence-corrected chi connectivity index (χ3v) is 3.73. The monoisotopic (exact) mass is 251 g/mol. The van der Waals surface area contributed by atoms with Gasteiger partial charge >= 0.3 is 0 Å². The lowest BCUT2D eigenvalue weighted by atomic mass is 10.0. The van der Waals surface area contributed by atoms with Crippen LogP contribution in [0, 0.1) is 6.92 Å². The van der Waals surface area contributed by atoms with E-state index < -0.39 is 0 Å². The Morgan fingerprint density at radius 2 is 2.17 bits per heavy atom. The molecule has 0 bridgehead atoms. The number of aromatic nitrogens is 2. The topological polar surface area (TPSA) is 50.1 Å². The predicted molar refractivity (Wildman–Crippen MR) is 72.8 cm³/mol. The van der Waals surface area contributed by atoms with Crippen LogP contribution in [0.15, 0.2) is 0 Å². The second-order valence-corrected chi connectivity index (χ2v) is 5.20. The van der Waals surface area contributed by atoms with E-state index in [1.165, 1.54) is 24.2 Å². The molecule has 0 aromatic carbocycles. The summed E-state index contributed by atoms with van der Waals surface area (Å²) in [6.45, 7) is 6.20. The van der Waals surface area contributed by atoms with Gasteiger partial charge in [0.05, 0.1) is 12.3 Å². The molecule has 0 saturated carbocycles. The molecule has 0 saturated heterocycles. The molecule has 102 valence electrons. The van der Waals surface area contributed by atoms with Crippen molar-refractivity contribution in [3.05, 3.63) is 17.2 Å². The van der Waals surface area contributed by atoms with E-state index in [0.717, 1.165) is 38.2 Å². The molecular formula is C14H25N3O. The Hall–Kier alpha value is -0.870. The average Bonchev–Trinajstić information content (AvgIpc) is 2.70. The van der Waals surface area contributed by atoms with Gasteiger partial charge in [-0.05, 0) is 45.6 Å². The summed E-state index contributed by atoms with van der Waals surface area (Å²) < 4.78 is 2.30. The van der Waals surface area contributed by atoms with Gasteiger partial charge in [-0.25, -0.2) is 4.98 Å². The zero-order chi connectivity index (χ0) is 13.0. The minimum atomic E-state index is 0.142. The average molecular weight is 251 g/mol. The number of hydrogen-bond acceptors (Lipinski definition) is 3. The van der Waals surface area contributed by atoms with Crippen LogP contribution in [-0.4, -0.2) is 33.9 Å². The summed E-state index contributed by atoms with van der Waals surface area (Å²) in [5.74, 6) is 1.10. The number of fused-ring (bicyclic) bond motifs is 1. The highest BCUT2D eigenvalue weighted by Gasteiger charge is 2.19. The SMILES string of the molecule is CCCNC(CO)Cn1c(C)nc2c1CCCC2. The molecule has 4 heteroatoms. The molecule has 1 aromatic rings. The highest BCUT2D eigenvalue weighted by molar-refractivity contribution is 5.20. The van der Waals surface area contributed by atoms with Gasteiger partial charge in [-0.15, -0.1) is 0 Å². The van der Waals surface area contributed by atoms with E-state index in [1.54, 1.807) is 0 Å². The van der Waals surface area contributed by atoms with Crippen molar-refractivity contribution in [2.75, 3.05) is 13.2 Å². The largest absolute Gasteiger partial charge is 0.395 e. The molecule has 0 spiro atoms. The maximum atomic E-state index is 9.45. The summed E-state index contributed by atoms with van der Waals surface area (Å²) >= 11 is 0. The first-order valence-corrected chi connectivity index (χ1v) is 7.15. The maximum Gasteiger partial charge on any atom is 0.106 e. The Bertz CT molecular complexity index is 387. The van der Waals surface area contributed by atoms with Crippen molar-refractivity contribution >= 4 is 0 Å². The number of rotatable bonds is 6. The Balaban J connectivity index is 2.09. The predicted octanol–water partition coefficient (Wildman–Crippen LogP) is 1.43. The molecule has 0 aliphatic heterocycles. The van der Waals surface area contributed by atoms with Crippen molar-refractivity contribution in [3.63, 3.8) is 0 Å². The number of hydrogen-bond donors (Lipinski definition) is 2. The number of aliphatic hydroxyl groups excluding tert-OH is 1. The van der Waals surface area contributed by atoms with Crippen LogP contribution >= 0.6 is 0 Å². The van der Waals surface area contributed by atoms with Gasteiger partial charge in [0.2, 0.25) is 0 Å². The molecule has 0 radical (unpaired) electrons. The number of nitrogens with zero attached hydrogens (tertiary/aromatic N) is 2. The van der Waals surface area contributed by atoms with Crippen molar-refractivity contribution < 1.29 is 5.11 Å². The van der Waals surface area contributed by atoms with Gasteiger partial charge in [0, 0.05) is 18.3 Å². The third-order valence-electron chi connectivity index (χ3n) is 3.73. The van der Waals surface area contributed by atoms with Crippen molar-refractivity contribution in [1.29, 1.82) is 0 Å². The molecule has 2 N–H and O–H groups in total. The summed E-state index contributed by atoms with van der Waals surface area (Å²) in [7, 11) is 0. The molecule has 1 unspecified atom stereocenters. The van der Waals surface area contributed by atoms with Gasteiger partial charge in [0.1, 0.15) is 5.82 Å². The lowest BCUT2D eigenvalue weighted by molar-refractivity contribution is 0.227. The quantitative estimate of drug-likeness (QED) is 0.804. The maximum absolute atomic E-state index is 9.45. The molecule has 0 amide bonds. The first kappa shape index (κ1) is 13.6. The van der Waals surface area contributed by atoms with Crippen LogP contribution in [0.5, 0.6) is 0 Å². The van der Waals surface area contributed by atoms with E-state index in [4.69, 9.17) is 0 Å². The van der Waals surface area contributed by atoms with E-state index >= 15 is 0 Å². The van der Waals surface area contributed by atoms with Crippen molar-refractivity contribution in [3.8, 4) is 0 Å². The summed E-state index contributed by atoms with van der Waals surface area (Å²) in [4.78, 5) is 4.67. The summed E-state index contributed by atoms with van der Waals surface area (Å²) in [6, 6.07) is 0.142.